The van der Waals surface area contributed by atoms with E-state index in [4.69, 9.17) is 0 Å². The van der Waals surface area contributed by atoms with Crippen LogP contribution in [-0.2, 0) is 6.54 Å². The van der Waals surface area contributed by atoms with Gasteiger partial charge in [0.15, 0.2) is 0 Å². The molecular formula is C15H23N5. The Morgan fingerprint density at radius 3 is 2.55 bits per heavy atom. The van der Waals surface area contributed by atoms with Crippen LogP contribution in [0.4, 0.5) is 0 Å². The third kappa shape index (κ3) is 3.87. The molecule has 2 atom stereocenters. The van der Waals surface area contributed by atoms with Crippen molar-refractivity contribution >= 4 is 0 Å². The van der Waals surface area contributed by atoms with Gasteiger partial charge in [-0.2, -0.15) is 0 Å². The van der Waals surface area contributed by atoms with Gasteiger partial charge in [0.2, 0.25) is 0 Å². The largest absolute Gasteiger partial charge is 0.336 e. The van der Waals surface area contributed by atoms with Crippen molar-refractivity contribution in [1.29, 1.82) is 0 Å². The summed E-state index contributed by atoms with van der Waals surface area (Å²) in [5.74, 6) is 0. The minimum absolute atomic E-state index is 0.140. The molecule has 0 fully saturated rings. The zero-order chi connectivity index (χ0) is 14.6. The van der Waals surface area contributed by atoms with Gasteiger partial charge in [0.25, 0.3) is 0 Å². The second kappa shape index (κ2) is 6.13. The minimum atomic E-state index is 0.140. The summed E-state index contributed by atoms with van der Waals surface area (Å²) in [4.78, 5) is 12.6. The molecule has 108 valence electrons. The number of nitrogens with zero attached hydrogens (tertiary/aromatic N) is 4. The zero-order valence-corrected chi connectivity index (χ0v) is 12.6. The first-order valence-corrected chi connectivity index (χ1v) is 6.94. The molecule has 0 aliphatic carbocycles. The third-order valence-electron chi connectivity index (χ3n) is 3.48. The van der Waals surface area contributed by atoms with E-state index >= 15 is 0 Å². The molecule has 5 nitrogen and oxygen atoms in total. The molecule has 0 bridgehead atoms. The van der Waals surface area contributed by atoms with E-state index in [0.29, 0.717) is 6.04 Å². The Labute approximate surface area is 120 Å². The maximum absolute atomic E-state index is 4.37. The van der Waals surface area contributed by atoms with Crippen LogP contribution < -0.4 is 5.32 Å². The molecule has 0 amide bonds. The number of rotatable bonds is 5. The highest BCUT2D eigenvalue weighted by atomic mass is 15.1. The van der Waals surface area contributed by atoms with Crippen LogP contribution in [0.3, 0.4) is 0 Å². The number of nitrogens with one attached hydrogen (secondary N) is 1. The lowest BCUT2D eigenvalue weighted by Gasteiger charge is -2.34. The van der Waals surface area contributed by atoms with E-state index in [2.05, 4.69) is 52.5 Å². The summed E-state index contributed by atoms with van der Waals surface area (Å²) in [5.41, 5.74) is 1.10. The van der Waals surface area contributed by atoms with Gasteiger partial charge < -0.3 is 9.88 Å². The van der Waals surface area contributed by atoms with E-state index in [1.165, 1.54) is 0 Å². The van der Waals surface area contributed by atoms with Crippen LogP contribution in [0.5, 0.6) is 0 Å². The molecule has 0 radical (unpaired) electrons. The van der Waals surface area contributed by atoms with Crippen LogP contribution in [0.25, 0.3) is 0 Å². The van der Waals surface area contributed by atoms with Gasteiger partial charge >= 0.3 is 0 Å². The van der Waals surface area contributed by atoms with Crippen molar-refractivity contribution in [2.24, 2.45) is 5.41 Å². The third-order valence-corrected chi connectivity index (χ3v) is 3.48. The first-order chi connectivity index (χ1) is 9.47. The zero-order valence-electron chi connectivity index (χ0n) is 12.6. The Bertz CT molecular complexity index is 501. The molecule has 2 rings (SSSR count). The predicted octanol–water partition coefficient (Wildman–Crippen LogP) is 2.44. The summed E-state index contributed by atoms with van der Waals surface area (Å²) in [7, 11) is 0. The highest BCUT2D eigenvalue weighted by Crippen LogP contribution is 2.23. The highest BCUT2D eigenvalue weighted by Gasteiger charge is 2.26. The average Bonchev–Trinajstić information content (AvgIpc) is 2.91. The monoisotopic (exact) mass is 273 g/mol. The van der Waals surface area contributed by atoms with Crippen LogP contribution in [0.15, 0.2) is 37.3 Å². The first kappa shape index (κ1) is 14.7. The molecule has 0 aromatic carbocycles. The molecule has 2 aromatic rings. The van der Waals surface area contributed by atoms with Gasteiger partial charge in [-0.15, -0.1) is 0 Å². The Morgan fingerprint density at radius 1 is 1.20 bits per heavy atom. The Kier molecular flexibility index (Phi) is 4.49. The molecule has 0 spiro atoms. The average molecular weight is 273 g/mol. The molecule has 2 unspecified atom stereocenters. The molecule has 0 saturated carbocycles. The maximum Gasteiger partial charge on any atom is 0.0946 e. The molecule has 0 aliphatic heterocycles. The summed E-state index contributed by atoms with van der Waals surface area (Å²) in [5, 5.41) is 3.66. The Hall–Kier alpha value is -1.75. The van der Waals surface area contributed by atoms with E-state index in [0.717, 1.165) is 12.2 Å². The van der Waals surface area contributed by atoms with Crippen molar-refractivity contribution in [3.8, 4) is 0 Å². The van der Waals surface area contributed by atoms with Crippen molar-refractivity contribution in [3.05, 3.63) is 43.0 Å². The smallest absolute Gasteiger partial charge is 0.0946 e. The lowest BCUT2D eigenvalue weighted by atomic mass is 9.86. The van der Waals surface area contributed by atoms with Crippen LogP contribution in [0.1, 0.15) is 39.4 Å². The van der Waals surface area contributed by atoms with Gasteiger partial charge in [0, 0.05) is 49.6 Å². The van der Waals surface area contributed by atoms with Crippen molar-refractivity contribution < 1.29 is 0 Å². The molecular weight excluding hydrogens is 250 g/mol. The SMILES string of the molecule is CC(NC(Cn1ccnc1)C(C)(C)C)c1cnccn1. The maximum atomic E-state index is 4.37. The van der Waals surface area contributed by atoms with E-state index < -0.39 is 0 Å². The fraction of sp³-hybridized carbons (Fsp3) is 0.533. The van der Waals surface area contributed by atoms with Crippen LogP contribution in [0, 0.1) is 5.41 Å². The number of aromatic nitrogens is 4. The lowest BCUT2D eigenvalue weighted by molar-refractivity contribution is 0.224. The number of hydrogen-bond acceptors (Lipinski definition) is 4. The first-order valence-electron chi connectivity index (χ1n) is 6.94. The fourth-order valence-electron chi connectivity index (χ4n) is 2.10. The van der Waals surface area contributed by atoms with Gasteiger partial charge in [-0.05, 0) is 12.3 Å². The van der Waals surface area contributed by atoms with Gasteiger partial charge in [-0.1, -0.05) is 20.8 Å². The Balaban J connectivity index is 2.08. The summed E-state index contributed by atoms with van der Waals surface area (Å²) < 4.78 is 2.10. The minimum Gasteiger partial charge on any atom is -0.336 e. The molecule has 20 heavy (non-hydrogen) atoms. The van der Waals surface area contributed by atoms with Crippen LogP contribution >= 0.6 is 0 Å². The molecule has 2 heterocycles. The van der Waals surface area contributed by atoms with E-state index in [9.17, 15) is 0 Å². The Morgan fingerprint density at radius 2 is 2.00 bits per heavy atom. The van der Waals surface area contributed by atoms with E-state index in [-0.39, 0.29) is 11.5 Å². The van der Waals surface area contributed by atoms with E-state index in [1.54, 1.807) is 12.4 Å². The van der Waals surface area contributed by atoms with Crippen LogP contribution in [-0.4, -0.2) is 25.6 Å². The highest BCUT2D eigenvalue weighted by molar-refractivity contribution is 5.02. The van der Waals surface area contributed by atoms with Crippen LogP contribution in [0.2, 0.25) is 0 Å². The second-order valence-corrected chi connectivity index (χ2v) is 6.20. The molecule has 5 heteroatoms. The van der Waals surface area contributed by atoms with Gasteiger partial charge in [0.1, 0.15) is 0 Å². The standard InChI is InChI=1S/C15H23N5/c1-12(13-9-16-5-6-18-13)19-14(15(2,3)4)10-20-8-7-17-11-20/h5-9,11-12,14,19H,10H2,1-4H3. The summed E-state index contributed by atoms with van der Waals surface area (Å²) in [6, 6.07) is 0.477. The summed E-state index contributed by atoms with van der Waals surface area (Å²) in [6.45, 7) is 9.73. The van der Waals surface area contributed by atoms with Crippen molar-refractivity contribution in [3.63, 3.8) is 0 Å². The predicted molar refractivity (Wildman–Crippen MR) is 79.1 cm³/mol. The van der Waals surface area contributed by atoms with Gasteiger partial charge in [-0.3, -0.25) is 9.97 Å². The lowest BCUT2D eigenvalue weighted by Crippen LogP contribution is -2.44. The summed E-state index contributed by atoms with van der Waals surface area (Å²) in [6.07, 6.45) is 10.9. The fourth-order valence-corrected chi connectivity index (χ4v) is 2.10. The summed E-state index contributed by atoms with van der Waals surface area (Å²) >= 11 is 0. The molecule has 1 N–H and O–H groups in total. The quantitative estimate of drug-likeness (QED) is 0.909. The van der Waals surface area contributed by atoms with Gasteiger partial charge in [0.05, 0.1) is 12.0 Å². The number of hydrogen-bond donors (Lipinski definition) is 1. The van der Waals surface area contributed by atoms with Gasteiger partial charge in [-0.25, -0.2) is 4.98 Å². The van der Waals surface area contributed by atoms with Crippen molar-refractivity contribution in [2.45, 2.75) is 46.3 Å². The molecule has 0 aliphatic rings. The van der Waals surface area contributed by atoms with Crippen molar-refractivity contribution in [1.82, 2.24) is 24.8 Å². The number of imidazole rings is 1. The second-order valence-electron chi connectivity index (χ2n) is 6.20. The van der Waals surface area contributed by atoms with Crippen molar-refractivity contribution in [2.75, 3.05) is 0 Å². The topological polar surface area (TPSA) is 55.6 Å². The van der Waals surface area contributed by atoms with E-state index in [1.807, 2.05) is 24.9 Å². The molecule has 0 saturated heterocycles. The normalized spacial score (nSPS) is 15.0. The molecule has 2 aromatic heterocycles.